The van der Waals surface area contributed by atoms with Crippen molar-refractivity contribution in [1.82, 2.24) is 0 Å². The predicted molar refractivity (Wildman–Crippen MR) is 344 cm³/mol. The number of hydrogen-bond donors (Lipinski definition) is 0. The van der Waals surface area contributed by atoms with Gasteiger partial charge in [0.15, 0.2) is 0 Å². The van der Waals surface area contributed by atoms with Gasteiger partial charge in [0.25, 0.3) is 0 Å². The third kappa shape index (κ3) is 7.61. The lowest BCUT2D eigenvalue weighted by Gasteiger charge is -2.42. The van der Waals surface area contributed by atoms with Crippen LogP contribution < -0.4 is 26.6 Å². The topological polar surface area (TPSA) is 32.8 Å². The summed E-state index contributed by atoms with van der Waals surface area (Å²) >= 11 is 3.61. The van der Waals surface area contributed by atoms with Crippen LogP contribution >= 0.6 is 22.7 Å². The number of rotatable bonds is 7. The molecule has 4 aromatic heterocycles. The Balaban J connectivity index is 1.11. The lowest BCUT2D eigenvalue weighted by atomic mass is 9.37. The zero-order valence-corrected chi connectivity index (χ0v) is 47.9. The summed E-state index contributed by atoms with van der Waals surface area (Å²) in [6, 6.07) is 72.4. The highest BCUT2D eigenvalue weighted by atomic mass is 32.1. The van der Waals surface area contributed by atoms with Crippen molar-refractivity contribution in [2.45, 2.75) is 72.1 Å². The van der Waals surface area contributed by atoms with E-state index in [4.69, 9.17) is 8.83 Å². The molecule has 9 aromatic carbocycles. The number of benzene rings is 9. The molecule has 2 aliphatic rings. The van der Waals surface area contributed by atoms with E-state index in [2.05, 4.69) is 270 Å². The Morgan fingerprint density at radius 3 is 1.25 bits per heavy atom. The lowest BCUT2D eigenvalue weighted by molar-refractivity contribution is 0.590. The molecule has 80 heavy (non-hydrogen) atoms. The van der Waals surface area contributed by atoms with Crippen LogP contribution in [0.1, 0.15) is 78.0 Å². The fourth-order valence-corrected chi connectivity index (χ4v) is 14.6. The first-order valence-electron chi connectivity index (χ1n) is 28.0. The maximum absolute atomic E-state index is 7.60. The highest BCUT2D eigenvalue weighted by Gasteiger charge is 2.51. The molecule has 0 unspecified atom stereocenters. The predicted octanol–water partition coefficient (Wildman–Crippen LogP) is 20.1. The average molecular weight is 1070 g/mol. The van der Waals surface area contributed by atoms with Gasteiger partial charge in [-0.2, -0.15) is 0 Å². The number of anilines is 6. The van der Waals surface area contributed by atoms with Gasteiger partial charge in [0, 0.05) is 64.6 Å². The van der Waals surface area contributed by atoms with Crippen LogP contribution in [0.25, 0.3) is 86.6 Å². The van der Waals surface area contributed by atoms with Crippen molar-refractivity contribution in [3.05, 3.63) is 222 Å². The van der Waals surface area contributed by atoms with E-state index >= 15 is 0 Å². The molecule has 4 nitrogen and oxygen atoms in total. The largest absolute Gasteiger partial charge is 0.468 e. The summed E-state index contributed by atoms with van der Waals surface area (Å²) in [5, 5.41) is 9.34. The second-order valence-electron chi connectivity index (χ2n) is 24.3. The molecule has 0 N–H and O–H groups in total. The van der Waals surface area contributed by atoms with E-state index in [0.29, 0.717) is 0 Å². The van der Waals surface area contributed by atoms with Gasteiger partial charge in [-0.3, -0.25) is 0 Å². The normalized spacial score (nSPS) is 13.3. The molecular weight excluding hydrogens is 1010 g/mol. The molecule has 7 heteroatoms. The molecule has 0 atom stereocenters. The molecule has 0 saturated carbocycles. The molecule has 0 fully saturated rings. The molecule has 15 rings (SSSR count). The molecule has 2 aliphatic heterocycles. The molecule has 0 amide bonds. The molecule has 6 heterocycles. The standard InChI is InChI=1S/C73H59BN2O2S2/c1-43(2)48-37-61-67-62(38-48)76(60-36-47(28-32-52(60)45-21-13-10-14-22-45)58-42-80-66-26-18-16-24-54(58)66)69-56-40-50(73(6,7)8)30-34-64(56)78-71(69)74(67)70-68(55-39-49(72(3,4)5)29-33-63(55)77-70)75(61)59-35-46(27-31-51(59)44-19-11-9-12-20-44)57-41-79-65-25-17-15-23-53(57)65/h9-43H,1-8H3. The van der Waals surface area contributed by atoms with Crippen molar-refractivity contribution < 1.29 is 8.83 Å². The first-order chi connectivity index (χ1) is 38.8. The van der Waals surface area contributed by atoms with E-state index in [1.54, 1.807) is 22.7 Å². The summed E-state index contributed by atoms with van der Waals surface area (Å²) in [6.45, 7) is 18.1. The summed E-state index contributed by atoms with van der Waals surface area (Å²) in [5.41, 5.74) is 24.0. The van der Waals surface area contributed by atoms with E-state index in [-0.39, 0.29) is 16.7 Å². The Kier molecular flexibility index (Phi) is 11.0. The summed E-state index contributed by atoms with van der Waals surface area (Å²) < 4.78 is 17.7. The van der Waals surface area contributed by atoms with Crippen LogP contribution in [0.3, 0.4) is 0 Å². The van der Waals surface area contributed by atoms with Crippen LogP contribution in [0.15, 0.2) is 214 Å². The van der Waals surface area contributed by atoms with Gasteiger partial charge in [-0.25, -0.2) is 0 Å². The van der Waals surface area contributed by atoms with Crippen molar-refractivity contribution in [1.29, 1.82) is 0 Å². The average Bonchev–Trinajstić information content (AvgIpc) is 4.24. The minimum absolute atomic E-state index is 0.120. The van der Waals surface area contributed by atoms with Crippen LogP contribution in [-0.2, 0) is 10.8 Å². The van der Waals surface area contributed by atoms with Crippen molar-refractivity contribution >= 4 is 122 Å². The fraction of sp³-hybridized carbons (Fsp3) is 0.151. The summed E-state index contributed by atoms with van der Waals surface area (Å²) in [4.78, 5) is 5.18. The van der Waals surface area contributed by atoms with Gasteiger partial charge in [0.2, 0.25) is 0 Å². The Morgan fingerprint density at radius 1 is 0.400 bits per heavy atom. The van der Waals surface area contributed by atoms with Gasteiger partial charge in [0.05, 0.1) is 22.7 Å². The van der Waals surface area contributed by atoms with Crippen molar-refractivity contribution in [2.24, 2.45) is 0 Å². The van der Waals surface area contributed by atoms with Crippen molar-refractivity contribution in [3.8, 4) is 44.5 Å². The first-order valence-corrected chi connectivity index (χ1v) is 29.8. The minimum Gasteiger partial charge on any atom is -0.468 e. The Hall–Kier alpha value is -8.36. The molecule has 0 saturated heterocycles. The quantitative estimate of drug-likeness (QED) is 0.149. The van der Waals surface area contributed by atoms with Gasteiger partial charge in [-0.1, -0.05) is 189 Å². The summed E-state index contributed by atoms with van der Waals surface area (Å²) in [5.74, 6) is 0.179. The minimum atomic E-state index is -0.400. The maximum Gasteiger partial charge on any atom is 0.342 e. The number of thiophene rings is 2. The van der Waals surface area contributed by atoms with Gasteiger partial charge in [-0.05, 0) is 133 Å². The third-order valence-electron chi connectivity index (χ3n) is 16.9. The summed E-state index contributed by atoms with van der Waals surface area (Å²) in [6.07, 6.45) is 0. The van der Waals surface area contributed by atoms with Gasteiger partial charge in [0.1, 0.15) is 22.5 Å². The van der Waals surface area contributed by atoms with Crippen molar-refractivity contribution in [3.63, 3.8) is 0 Å². The van der Waals surface area contributed by atoms with Crippen LogP contribution in [-0.4, -0.2) is 6.71 Å². The van der Waals surface area contributed by atoms with Gasteiger partial charge in [-0.15, -0.1) is 22.7 Å². The SMILES string of the molecule is CC(C)c1cc2c3c(c1)N(c1cc(-c4csc5ccccc45)ccc1-c1ccccc1)c1c(oc4ccc(C(C)(C)C)cc14)B3c1oc3ccc(C(C)(C)C)cc3c1N2c1cc(-c2csc3ccccc23)ccc1-c1ccccc1. The van der Waals surface area contributed by atoms with Gasteiger partial charge >= 0.3 is 6.71 Å². The first kappa shape index (κ1) is 48.7. The van der Waals surface area contributed by atoms with Crippen LogP contribution in [0.4, 0.5) is 34.1 Å². The number of hydrogen-bond acceptors (Lipinski definition) is 6. The van der Waals surface area contributed by atoms with Crippen molar-refractivity contribution in [2.75, 3.05) is 9.80 Å². The van der Waals surface area contributed by atoms with Crippen LogP contribution in [0.5, 0.6) is 0 Å². The molecule has 0 radical (unpaired) electrons. The molecule has 388 valence electrons. The molecule has 13 aromatic rings. The third-order valence-corrected chi connectivity index (χ3v) is 18.8. The molecule has 0 bridgehead atoms. The van der Waals surface area contributed by atoms with E-state index in [1.165, 1.54) is 59.1 Å². The van der Waals surface area contributed by atoms with E-state index < -0.39 is 6.71 Å². The van der Waals surface area contributed by atoms with E-state index in [0.717, 1.165) is 95.1 Å². The fourth-order valence-electron chi connectivity index (χ4n) is 12.7. The molecular formula is C73H59BN2O2S2. The smallest absolute Gasteiger partial charge is 0.342 e. The highest BCUT2D eigenvalue weighted by molar-refractivity contribution is 7.18. The zero-order valence-electron chi connectivity index (χ0n) is 46.3. The van der Waals surface area contributed by atoms with Crippen LogP contribution in [0, 0.1) is 0 Å². The van der Waals surface area contributed by atoms with E-state index in [1.807, 2.05) is 0 Å². The Morgan fingerprint density at radius 2 is 0.825 bits per heavy atom. The molecule has 0 spiro atoms. The lowest BCUT2D eigenvalue weighted by Crippen LogP contribution is -2.60. The second-order valence-corrected chi connectivity index (χ2v) is 26.1. The highest BCUT2D eigenvalue weighted by Crippen LogP contribution is 2.54. The number of furan rings is 2. The monoisotopic (exact) mass is 1070 g/mol. The Bertz CT molecular complexity index is 4330. The second kappa shape index (κ2) is 18.1. The van der Waals surface area contributed by atoms with E-state index in [9.17, 15) is 0 Å². The molecule has 0 aliphatic carbocycles. The summed E-state index contributed by atoms with van der Waals surface area (Å²) in [7, 11) is 0. The Labute approximate surface area is 476 Å². The zero-order chi connectivity index (χ0) is 54.3. The van der Waals surface area contributed by atoms with Crippen LogP contribution in [0.2, 0.25) is 0 Å². The number of nitrogens with zero attached hydrogens (tertiary/aromatic N) is 2. The maximum atomic E-state index is 7.60. The van der Waals surface area contributed by atoms with Gasteiger partial charge < -0.3 is 18.6 Å². The number of fused-ring (bicyclic) bond motifs is 10.